The van der Waals surface area contributed by atoms with Crippen molar-refractivity contribution in [3.05, 3.63) is 34.3 Å². The molecule has 0 fully saturated rings. The molecule has 0 aliphatic carbocycles. The third kappa shape index (κ3) is 2.83. The van der Waals surface area contributed by atoms with Crippen molar-refractivity contribution >= 4 is 34.2 Å². The molecule has 4 heteroatoms. The molecule has 1 rings (SSSR count). The second-order valence-electron chi connectivity index (χ2n) is 2.04. The summed E-state index contributed by atoms with van der Waals surface area (Å²) in [5.41, 5.74) is 0.780. The van der Waals surface area contributed by atoms with Crippen molar-refractivity contribution in [1.82, 2.24) is 0 Å². The first-order chi connectivity index (χ1) is 5.24. The lowest BCUT2D eigenvalue weighted by molar-refractivity contribution is 0.401. The first kappa shape index (κ1) is 11.5. The highest BCUT2D eigenvalue weighted by Crippen LogP contribution is 2.11. The van der Waals surface area contributed by atoms with Crippen LogP contribution >= 0.6 is 28.3 Å². The van der Waals surface area contributed by atoms with E-state index >= 15 is 0 Å². The minimum Gasteiger partial charge on any atom is -0.481 e. The summed E-state index contributed by atoms with van der Waals surface area (Å²) in [6.45, 7) is 0. The lowest BCUT2D eigenvalue weighted by Gasteiger charge is -2.01. The Kier molecular flexibility index (Phi) is 4.93. The third-order valence-corrected chi connectivity index (χ3v) is 1.78. The lowest BCUT2D eigenvalue weighted by Crippen LogP contribution is -2.00. The Bertz CT molecular complexity index is 278. The molecule has 2 nitrogen and oxygen atoms in total. The highest BCUT2D eigenvalue weighted by atomic mass is 79.9. The summed E-state index contributed by atoms with van der Waals surface area (Å²) in [7, 11) is 1.49. The number of halogens is 2. The topological polar surface area (TPSA) is 33.1 Å². The Morgan fingerprint density at radius 3 is 2.67 bits per heavy atom. The molecule has 0 saturated heterocycles. The summed E-state index contributed by atoms with van der Waals surface area (Å²) in [6, 6.07) is 7.45. The second-order valence-corrected chi connectivity index (χ2v) is 2.96. The van der Waals surface area contributed by atoms with Crippen molar-refractivity contribution in [1.29, 1.82) is 5.41 Å². The van der Waals surface area contributed by atoms with Gasteiger partial charge in [-0.3, -0.25) is 5.41 Å². The number of benzene rings is 1. The van der Waals surface area contributed by atoms with Gasteiger partial charge in [0.1, 0.15) is 0 Å². The monoisotopic (exact) mass is 249 g/mol. The highest BCUT2D eigenvalue weighted by Gasteiger charge is 1.98. The van der Waals surface area contributed by atoms with E-state index in [2.05, 4.69) is 15.9 Å². The van der Waals surface area contributed by atoms with E-state index < -0.39 is 0 Å². The van der Waals surface area contributed by atoms with E-state index in [1.165, 1.54) is 7.11 Å². The highest BCUT2D eigenvalue weighted by molar-refractivity contribution is 9.10. The van der Waals surface area contributed by atoms with Crippen LogP contribution in [-0.4, -0.2) is 13.0 Å². The predicted molar refractivity (Wildman–Crippen MR) is 55.2 cm³/mol. The van der Waals surface area contributed by atoms with Crippen LogP contribution in [0, 0.1) is 5.41 Å². The molecule has 1 aromatic carbocycles. The van der Waals surface area contributed by atoms with Crippen molar-refractivity contribution in [2.45, 2.75) is 0 Å². The molecule has 1 aromatic rings. The van der Waals surface area contributed by atoms with Crippen molar-refractivity contribution in [3.8, 4) is 0 Å². The van der Waals surface area contributed by atoms with E-state index in [4.69, 9.17) is 10.1 Å². The fourth-order valence-corrected chi connectivity index (χ4v) is 1.15. The molecular weight excluding hydrogens is 241 g/mol. The average Bonchev–Trinajstić information content (AvgIpc) is 2.03. The van der Waals surface area contributed by atoms with E-state index in [-0.39, 0.29) is 18.3 Å². The van der Waals surface area contributed by atoms with Crippen LogP contribution in [0.2, 0.25) is 0 Å². The number of methoxy groups -OCH3 is 1. The number of rotatable bonds is 1. The molecule has 0 atom stereocenters. The van der Waals surface area contributed by atoms with Crippen LogP contribution in [0.15, 0.2) is 28.7 Å². The van der Waals surface area contributed by atoms with Crippen molar-refractivity contribution in [2.75, 3.05) is 7.11 Å². The number of hydrogen-bond acceptors (Lipinski definition) is 2. The number of hydrogen-bond donors (Lipinski definition) is 1. The smallest absolute Gasteiger partial charge is 0.212 e. The zero-order valence-corrected chi connectivity index (χ0v) is 8.91. The number of ether oxygens (including phenoxy) is 1. The molecule has 12 heavy (non-hydrogen) atoms. The molecule has 1 N–H and O–H groups in total. The largest absolute Gasteiger partial charge is 0.481 e. The standard InChI is InChI=1S/C8H8BrNO.ClH/c1-11-8(10)6-3-2-4-7(9)5-6;/h2-5,10H,1H3;1H. The van der Waals surface area contributed by atoms with Gasteiger partial charge in [-0.1, -0.05) is 22.0 Å². The van der Waals surface area contributed by atoms with Gasteiger partial charge in [0.25, 0.3) is 0 Å². The Balaban J connectivity index is 0.00000121. The fourth-order valence-electron chi connectivity index (χ4n) is 0.748. The average molecular weight is 251 g/mol. The summed E-state index contributed by atoms with van der Waals surface area (Å²) >= 11 is 3.31. The zero-order valence-electron chi connectivity index (χ0n) is 6.50. The molecule has 0 heterocycles. The summed E-state index contributed by atoms with van der Waals surface area (Å²) in [5.74, 6) is 0.186. The van der Waals surface area contributed by atoms with Gasteiger partial charge in [0.2, 0.25) is 5.90 Å². The van der Waals surface area contributed by atoms with Gasteiger partial charge in [-0.2, -0.15) is 0 Å². The van der Waals surface area contributed by atoms with Crippen LogP contribution in [0.4, 0.5) is 0 Å². The van der Waals surface area contributed by atoms with Crippen LogP contribution < -0.4 is 0 Å². The maximum atomic E-state index is 7.33. The van der Waals surface area contributed by atoms with Crippen molar-refractivity contribution < 1.29 is 4.74 Å². The van der Waals surface area contributed by atoms with E-state index in [1.807, 2.05) is 24.3 Å². The summed E-state index contributed by atoms with van der Waals surface area (Å²) in [4.78, 5) is 0. The second kappa shape index (κ2) is 5.17. The summed E-state index contributed by atoms with van der Waals surface area (Å²) in [5, 5.41) is 7.33. The van der Waals surface area contributed by atoms with Crippen LogP contribution in [0.5, 0.6) is 0 Å². The van der Waals surface area contributed by atoms with Gasteiger partial charge in [0, 0.05) is 10.0 Å². The Hall–Kier alpha value is -0.540. The summed E-state index contributed by atoms with van der Waals surface area (Å²) in [6.07, 6.45) is 0. The van der Waals surface area contributed by atoms with Gasteiger partial charge >= 0.3 is 0 Å². The summed E-state index contributed by atoms with van der Waals surface area (Å²) < 4.78 is 5.71. The lowest BCUT2D eigenvalue weighted by atomic mass is 10.2. The van der Waals surface area contributed by atoms with Crippen LogP contribution in [0.3, 0.4) is 0 Å². The van der Waals surface area contributed by atoms with Crippen molar-refractivity contribution in [3.63, 3.8) is 0 Å². The van der Waals surface area contributed by atoms with Crippen LogP contribution in [0.1, 0.15) is 5.56 Å². The zero-order chi connectivity index (χ0) is 8.27. The molecule has 0 spiro atoms. The fraction of sp³-hybridized carbons (Fsp3) is 0.125. The van der Waals surface area contributed by atoms with Gasteiger partial charge in [-0.25, -0.2) is 0 Å². The molecule has 0 bridgehead atoms. The SMILES string of the molecule is COC(=N)c1cccc(Br)c1.Cl. The van der Waals surface area contributed by atoms with E-state index in [0.29, 0.717) is 0 Å². The first-order valence-corrected chi connectivity index (χ1v) is 3.92. The Labute approximate surface area is 86.0 Å². The maximum absolute atomic E-state index is 7.33. The molecule has 0 amide bonds. The van der Waals surface area contributed by atoms with Gasteiger partial charge in [-0.15, -0.1) is 12.4 Å². The quantitative estimate of drug-likeness (QED) is 0.603. The molecule has 0 unspecified atom stereocenters. The van der Waals surface area contributed by atoms with Gasteiger partial charge in [0.05, 0.1) is 7.11 Å². The molecule has 0 aliphatic heterocycles. The van der Waals surface area contributed by atoms with Crippen LogP contribution in [0.25, 0.3) is 0 Å². The number of nitrogens with one attached hydrogen (secondary N) is 1. The van der Waals surface area contributed by atoms with E-state index in [1.54, 1.807) is 0 Å². The molecule has 0 radical (unpaired) electrons. The molecular formula is C8H9BrClNO. The van der Waals surface area contributed by atoms with Crippen molar-refractivity contribution in [2.24, 2.45) is 0 Å². The molecule has 0 saturated carbocycles. The molecule has 0 aromatic heterocycles. The predicted octanol–water partition coefficient (Wildman–Crippen LogP) is 2.84. The van der Waals surface area contributed by atoms with E-state index in [0.717, 1.165) is 10.0 Å². The van der Waals surface area contributed by atoms with E-state index in [9.17, 15) is 0 Å². The maximum Gasteiger partial charge on any atom is 0.212 e. The van der Waals surface area contributed by atoms with Gasteiger partial charge in [0.15, 0.2) is 0 Å². The minimum atomic E-state index is 0. The van der Waals surface area contributed by atoms with Gasteiger partial charge < -0.3 is 4.74 Å². The van der Waals surface area contributed by atoms with Crippen LogP contribution in [-0.2, 0) is 4.74 Å². The normalized spacial score (nSPS) is 8.50. The van der Waals surface area contributed by atoms with Gasteiger partial charge in [-0.05, 0) is 18.2 Å². The third-order valence-electron chi connectivity index (χ3n) is 1.29. The minimum absolute atomic E-state index is 0. The molecule has 0 aliphatic rings. The Morgan fingerprint density at radius 1 is 1.50 bits per heavy atom. The first-order valence-electron chi connectivity index (χ1n) is 3.12. The molecule has 66 valence electrons. The Morgan fingerprint density at radius 2 is 2.17 bits per heavy atom.